The molecule has 0 amide bonds. The summed E-state index contributed by atoms with van der Waals surface area (Å²) in [5.74, 6) is 0. The van der Waals surface area contributed by atoms with Crippen LogP contribution in [0.15, 0.2) is 35.8 Å². The van der Waals surface area contributed by atoms with Crippen LogP contribution in [0.25, 0.3) is 0 Å². The zero-order chi connectivity index (χ0) is 14.7. The Morgan fingerprint density at radius 1 is 1.33 bits per heavy atom. The molecule has 0 radical (unpaired) electrons. The molecule has 112 valence electrons. The monoisotopic (exact) mass is 302 g/mol. The highest BCUT2D eigenvalue weighted by Gasteiger charge is 2.30. The molecular weight excluding hydrogens is 280 g/mol. The van der Waals surface area contributed by atoms with E-state index in [1.54, 1.807) is 11.3 Å². The smallest absolute Gasteiger partial charge is 0.0798 e. The third-order valence-corrected chi connectivity index (χ3v) is 5.26. The lowest BCUT2D eigenvalue weighted by Crippen LogP contribution is -2.48. The molecule has 0 spiro atoms. The molecule has 1 aliphatic heterocycles. The van der Waals surface area contributed by atoms with Gasteiger partial charge < -0.3 is 5.11 Å². The number of hydrogen-bond donors (Lipinski definition) is 1. The van der Waals surface area contributed by atoms with Gasteiger partial charge in [-0.2, -0.15) is 0 Å². The molecule has 3 nitrogen and oxygen atoms in total. The Balaban J connectivity index is 1.75. The number of aromatic nitrogens is 1. The van der Waals surface area contributed by atoms with Crippen molar-refractivity contribution in [3.05, 3.63) is 52.0 Å². The summed E-state index contributed by atoms with van der Waals surface area (Å²) in [6, 6.07) is 10.7. The van der Waals surface area contributed by atoms with Crippen LogP contribution in [0.4, 0.5) is 0 Å². The third kappa shape index (κ3) is 3.51. The number of nitrogens with zero attached hydrogens (tertiary/aromatic N) is 2. The Kier molecular flexibility index (Phi) is 4.68. The molecule has 2 heterocycles. The Bertz CT molecular complexity index is 569. The fourth-order valence-corrected chi connectivity index (χ4v) is 3.89. The molecule has 1 aromatic heterocycles. The summed E-state index contributed by atoms with van der Waals surface area (Å²) in [7, 11) is 0. The van der Waals surface area contributed by atoms with Gasteiger partial charge in [0.15, 0.2) is 0 Å². The van der Waals surface area contributed by atoms with Crippen molar-refractivity contribution in [1.82, 2.24) is 9.88 Å². The largest absolute Gasteiger partial charge is 0.391 e. The number of aliphatic hydroxyl groups is 1. The van der Waals surface area contributed by atoms with Crippen molar-refractivity contribution in [3.63, 3.8) is 0 Å². The van der Waals surface area contributed by atoms with E-state index >= 15 is 0 Å². The molecule has 1 N–H and O–H groups in total. The van der Waals surface area contributed by atoms with Crippen molar-refractivity contribution >= 4 is 11.3 Å². The topological polar surface area (TPSA) is 36.4 Å². The molecule has 1 aromatic carbocycles. The lowest BCUT2D eigenvalue weighted by molar-refractivity contribution is 0.00711. The van der Waals surface area contributed by atoms with Crippen LogP contribution in [0.2, 0.25) is 0 Å². The van der Waals surface area contributed by atoms with Crippen molar-refractivity contribution in [2.45, 2.75) is 44.9 Å². The maximum Gasteiger partial charge on any atom is 0.0798 e. The van der Waals surface area contributed by atoms with Crippen molar-refractivity contribution in [3.8, 4) is 0 Å². The van der Waals surface area contributed by atoms with Gasteiger partial charge in [0.25, 0.3) is 0 Å². The van der Waals surface area contributed by atoms with E-state index in [4.69, 9.17) is 0 Å². The minimum atomic E-state index is -0.229. The van der Waals surface area contributed by atoms with E-state index in [1.165, 1.54) is 10.4 Å². The zero-order valence-electron chi connectivity index (χ0n) is 12.4. The van der Waals surface area contributed by atoms with E-state index in [2.05, 4.69) is 41.1 Å². The summed E-state index contributed by atoms with van der Waals surface area (Å²) in [5.41, 5.74) is 4.34. The van der Waals surface area contributed by atoms with Crippen LogP contribution in [-0.4, -0.2) is 33.7 Å². The quantitative estimate of drug-likeness (QED) is 0.943. The summed E-state index contributed by atoms with van der Waals surface area (Å²) >= 11 is 1.72. The molecule has 0 unspecified atom stereocenters. The first-order chi connectivity index (χ1) is 10.2. The summed E-state index contributed by atoms with van der Waals surface area (Å²) < 4.78 is 0. The van der Waals surface area contributed by atoms with Gasteiger partial charge in [-0.3, -0.25) is 4.90 Å². The standard InChI is InChI=1S/C17H22N2OS/c1-13-17(21-12-18-13)11-19-9-5-8-16(20)15(19)10-14-6-3-2-4-7-14/h2-4,6-7,12,15-16,20H,5,8-11H2,1H3/t15-,16-/m0/s1. The Morgan fingerprint density at radius 2 is 2.14 bits per heavy atom. The number of hydrogen-bond acceptors (Lipinski definition) is 4. The minimum absolute atomic E-state index is 0.211. The number of thiazole rings is 1. The van der Waals surface area contributed by atoms with Crippen LogP contribution in [0.1, 0.15) is 29.0 Å². The zero-order valence-corrected chi connectivity index (χ0v) is 13.2. The molecule has 1 saturated heterocycles. The van der Waals surface area contributed by atoms with Crippen LogP contribution < -0.4 is 0 Å². The van der Waals surface area contributed by atoms with Crippen LogP contribution in [0.3, 0.4) is 0 Å². The van der Waals surface area contributed by atoms with Crippen molar-refractivity contribution in [2.24, 2.45) is 0 Å². The van der Waals surface area contributed by atoms with E-state index in [9.17, 15) is 5.11 Å². The lowest BCUT2D eigenvalue weighted by Gasteiger charge is -2.39. The average molecular weight is 302 g/mol. The SMILES string of the molecule is Cc1ncsc1CN1CCC[C@H](O)[C@@H]1Cc1ccccc1. The Labute approximate surface area is 130 Å². The number of piperidine rings is 1. The van der Waals surface area contributed by atoms with Crippen LogP contribution in [0.5, 0.6) is 0 Å². The first-order valence-electron chi connectivity index (χ1n) is 7.59. The Morgan fingerprint density at radius 3 is 2.86 bits per heavy atom. The van der Waals surface area contributed by atoms with Gasteiger partial charge in [-0.15, -0.1) is 11.3 Å². The maximum absolute atomic E-state index is 10.4. The number of likely N-dealkylation sites (tertiary alicyclic amines) is 1. The van der Waals surface area contributed by atoms with Gasteiger partial charge in [0, 0.05) is 17.5 Å². The molecule has 21 heavy (non-hydrogen) atoms. The molecule has 2 aromatic rings. The van der Waals surface area contributed by atoms with Crippen LogP contribution >= 0.6 is 11.3 Å². The first kappa shape index (κ1) is 14.7. The van der Waals surface area contributed by atoms with Crippen molar-refractivity contribution < 1.29 is 5.11 Å². The number of rotatable bonds is 4. The van der Waals surface area contributed by atoms with Crippen LogP contribution in [0, 0.1) is 6.92 Å². The van der Waals surface area contributed by atoms with E-state index in [-0.39, 0.29) is 12.1 Å². The number of aryl methyl sites for hydroxylation is 1. The molecule has 1 aliphatic rings. The highest BCUT2D eigenvalue weighted by Crippen LogP contribution is 2.25. The first-order valence-corrected chi connectivity index (χ1v) is 8.47. The molecule has 2 atom stereocenters. The van der Waals surface area contributed by atoms with E-state index in [0.717, 1.165) is 38.0 Å². The minimum Gasteiger partial charge on any atom is -0.391 e. The maximum atomic E-state index is 10.4. The van der Waals surface area contributed by atoms with Gasteiger partial charge in [-0.25, -0.2) is 4.98 Å². The predicted molar refractivity (Wildman–Crippen MR) is 86.4 cm³/mol. The van der Waals surface area contributed by atoms with Crippen LogP contribution in [-0.2, 0) is 13.0 Å². The van der Waals surface area contributed by atoms with E-state index < -0.39 is 0 Å². The van der Waals surface area contributed by atoms with Gasteiger partial charge in [-0.1, -0.05) is 30.3 Å². The molecule has 3 rings (SSSR count). The van der Waals surface area contributed by atoms with Gasteiger partial charge in [0.2, 0.25) is 0 Å². The highest BCUT2D eigenvalue weighted by molar-refractivity contribution is 7.09. The fourth-order valence-electron chi connectivity index (χ4n) is 3.08. The molecule has 1 fully saturated rings. The second-order valence-electron chi connectivity index (χ2n) is 5.80. The molecule has 0 saturated carbocycles. The van der Waals surface area contributed by atoms with E-state index in [0.29, 0.717) is 0 Å². The predicted octanol–water partition coefficient (Wildman–Crippen LogP) is 3.02. The van der Waals surface area contributed by atoms with Gasteiger partial charge >= 0.3 is 0 Å². The summed E-state index contributed by atoms with van der Waals surface area (Å²) in [4.78, 5) is 8.09. The molecule has 0 aliphatic carbocycles. The summed E-state index contributed by atoms with van der Waals surface area (Å²) in [5, 5.41) is 10.4. The summed E-state index contributed by atoms with van der Waals surface area (Å²) in [6.07, 6.45) is 2.67. The van der Waals surface area contributed by atoms with Gasteiger partial charge in [0.1, 0.15) is 0 Å². The van der Waals surface area contributed by atoms with Crippen molar-refractivity contribution in [2.75, 3.05) is 6.54 Å². The second-order valence-corrected chi connectivity index (χ2v) is 6.74. The van der Waals surface area contributed by atoms with E-state index in [1.807, 2.05) is 11.6 Å². The summed E-state index contributed by atoms with van der Waals surface area (Å²) in [6.45, 7) is 4.04. The molecule has 4 heteroatoms. The van der Waals surface area contributed by atoms with Gasteiger partial charge in [-0.05, 0) is 38.3 Å². The normalized spacial score (nSPS) is 23.3. The highest BCUT2D eigenvalue weighted by atomic mass is 32.1. The number of aliphatic hydroxyl groups excluding tert-OH is 1. The van der Waals surface area contributed by atoms with Gasteiger partial charge in [0.05, 0.1) is 17.3 Å². The third-order valence-electron chi connectivity index (χ3n) is 4.34. The second kappa shape index (κ2) is 6.69. The van der Waals surface area contributed by atoms with Crippen molar-refractivity contribution in [1.29, 1.82) is 0 Å². The number of benzene rings is 1. The average Bonchev–Trinajstić information content (AvgIpc) is 2.89. The fraction of sp³-hybridized carbons (Fsp3) is 0.471. The Hall–Kier alpha value is -1.23. The molecular formula is C17H22N2OS. The lowest BCUT2D eigenvalue weighted by atomic mass is 9.93. The molecule has 0 bridgehead atoms.